The molecule has 1 aromatic heterocycles. The van der Waals surface area contributed by atoms with Crippen molar-refractivity contribution >= 4 is 0 Å². The Bertz CT molecular complexity index is 424. The number of aromatic nitrogens is 1. The number of hydrogen-bond acceptors (Lipinski definition) is 6. The highest BCUT2D eigenvalue weighted by atomic mass is 16.5. The molecule has 0 aromatic carbocycles. The largest absolute Gasteiger partial charge is 0.444 e. The zero-order valence-electron chi connectivity index (χ0n) is 13.3. The third kappa shape index (κ3) is 4.78. The standard InChI is InChI=1S/C15H27N3O3/c1-4-14-7-16-15(21-14)10-17(2)12-5-6-18(8-12)9-13(19)11-20-3/h7,12-13,19H,4-6,8-11H2,1-3H3/t12-,13+/m1/s1. The third-order valence-electron chi connectivity index (χ3n) is 4.03. The highest BCUT2D eigenvalue weighted by molar-refractivity contribution is 4.94. The minimum Gasteiger partial charge on any atom is -0.444 e. The highest BCUT2D eigenvalue weighted by Gasteiger charge is 2.27. The molecule has 2 heterocycles. The van der Waals surface area contributed by atoms with E-state index in [-0.39, 0.29) is 0 Å². The number of rotatable bonds is 8. The number of aliphatic hydroxyl groups excluding tert-OH is 1. The van der Waals surface area contributed by atoms with Crippen LogP contribution in [0.5, 0.6) is 0 Å². The zero-order valence-corrected chi connectivity index (χ0v) is 13.3. The Balaban J connectivity index is 1.77. The lowest BCUT2D eigenvalue weighted by Gasteiger charge is -2.24. The second kappa shape index (κ2) is 7.89. The summed E-state index contributed by atoms with van der Waals surface area (Å²) in [5.41, 5.74) is 0. The lowest BCUT2D eigenvalue weighted by Crippen LogP contribution is -2.37. The van der Waals surface area contributed by atoms with Crippen molar-refractivity contribution in [1.82, 2.24) is 14.8 Å². The first kappa shape index (κ1) is 16.4. The fourth-order valence-electron chi connectivity index (χ4n) is 2.81. The van der Waals surface area contributed by atoms with Crippen LogP contribution in [-0.4, -0.2) is 72.4 Å². The number of oxazole rings is 1. The SMILES string of the molecule is CCc1cnc(CN(C)[C@@H]2CCN(C[C@H](O)COC)C2)o1. The summed E-state index contributed by atoms with van der Waals surface area (Å²) in [5.74, 6) is 1.72. The first-order valence-corrected chi connectivity index (χ1v) is 7.65. The van der Waals surface area contributed by atoms with Crippen molar-refractivity contribution in [3.05, 3.63) is 17.8 Å². The van der Waals surface area contributed by atoms with Crippen LogP contribution >= 0.6 is 0 Å². The molecule has 0 saturated carbocycles. The fraction of sp³-hybridized carbons (Fsp3) is 0.800. The summed E-state index contributed by atoms with van der Waals surface area (Å²) in [4.78, 5) is 8.89. The Morgan fingerprint density at radius 2 is 2.43 bits per heavy atom. The molecule has 0 amide bonds. The Labute approximate surface area is 126 Å². The van der Waals surface area contributed by atoms with E-state index < -0.39 is 6.10 Å². The average molecular weight is 297 g/mol. The van der Waals surface area contributed by atoms with E-state index in [0.717, 1.165) is 44.1 Å². The van der Waals surface area contributed by atoms with Gasteiger partial charge in [0.2, 0.25) is 5.89 Å². The number of aliphatic hydroxyl groups is 1. The fourth-order valence-corrected chi connectivity index (χ4v) is 2.81. The van der Waals surface area contributed by atoms with Crippen LogP contribution in [0.15, 0.2) is 10.6 Å². The van der Waals surface area contributed by atoms with Crippen molar-refractivity contribution in [3.8, 4) is 0 Å². The van der Waals surface area contributed by atoms with Gasteiger partial charge in [0.05, 0.1) is 25.5 Å². The number of β-amino-alcohol motifs (C(OH)–C–C–N with tert-alkyl or cyclic N) is 1. The van der Waals surface area contributed by atoms with Crippen molar-refractivity contribution in [2.24, 2.45) is 0 Å². The molecule has 2 atom stereocenters. The maximum Gasteiger partial charge on any atom is 0.208 e. The van der Waals surface area contributed by atoms with Gasteiger partial charge in [-0.2, -0.15) is 0 Å². The summed E-state index contributed by atoms with van der Waals surface area (Å²) in [7, 11) is 3.72. The molecule has 0 spiro atoms. The Morgan fingerprint density at radius 3 is 3.10 bits per heavy atom. The summed E-state index contributed by atoms with van der Waals surface area (Å²) < 4.78 is 10.6. The molecule has 0 bridgehead atoms. The summed E-state index contributed by atoms with van der Waals surface area (Å²) in [6.07, 6.45) is 3.39. The molecular weight excluding hydrogens is 270 g/mol. The number of likely N-dealkylation sites (N-methyl/N-ethyl adjacent to an activating group) is 1. The lowest BCUT2D eigenvalue weighted by molar-refractivity contribution is 0.0412. The quantitative estimate of drug-likeness (QED) is 0.764. The van der Waals surface area contributed by atoms with Crippen LogP contribution in [-0.2, 0) is 17.7 Å². The van der Waals surface area contributed by atoms with Gasteiger partial charge in [0.25, 0.3) is 0 Å². The van der Waals surface area contributed by atoms with Crippen molar-refractivity contribution in [2.75, 3.05) is 40.4 Å². The molecule has 1 N–H and O–H groups in total. The van der Waals surface area contributed by atoms with Gasteiger partial charge in [0.15, 0.2) is 0 Å². The number of likely N-dealkylation sites (tertiary alicyclic amines) is 1. The van der Waals surface area contributed by atoms with E-state index in [1.165, 1.54) is 0 Å². The van der Waals surface area contributed by atoms with Crippen LogP contribution < -0.4 is 0 Å². The average Bonchev–Trinajstić information content (AvgIpc) is 3.08. The number of ether oxygens (including phenoxy) is 1. The van der Waals surface area contributed by atoms with E-state index in [1.807, 2.05) is 6.20 Å². The third-order valence-corrected chi connectivity index (χ3v) is 4.03. The van der Waals surface area contributed by atoms with Crippen LogP contribution in [0.1, 0.15) is 25.0 Å². The molecule has 1 aromatic rings. The number of nitrogens with zero attached hydrogens (tertiary/aromatic N) is 3. The minimum atomic E-state index is -0.405. The molecule has 1 aliphatic rings. The molecule has 1 fully saturated rings. The van der Waals surface area contributed by atoms with Crippen molar-refractivity contribution in [2.45, 2.75) is 38.5 Å². The second-order valence-electron chi connectivity index (χ2n) is 5.80. The smallest absolute Gasteiger partial charge is 0.208 e. The molecule has 6 nitrogen and oxygen atoms in total. The predicted molar refractivity (Wildman–Crippen MR) is 80.1 cm³/mol. The normalized spacial score (nSPS) is 21.3. The van der Waals surface area contributed by atoms with E-state index in [9.17, 15) is 5.11 Å². The first-order valence-electron chi connectivity index (χ1n) is 7.65. The molecule has 120 valence electrons. The van der Waals surface area contributed by atoms with E-state index >= 15 is 0 Å². The molecule has 0 unspecified atom stereocenters. The van der Waals surface area contributed by atoms with Crippen LogP contribution in [0.2, 0.25) is 0 Å². The summed E-state index contributed by atoms with van der Waals surface area (Å²) in [5, 5.41) is 9.79. The van der Waals surface area contributed by atoms with Crippen LogP contribution in [0.3, 0.4) is 0 Å². The van der Waals surface area contributed by atoms with Crippen LogP contribution in [0.4, 0.5) is 0 Å². The van der Waals surface area contributed by atoms with E-state index in [1.54, 1.807) is 7.11 Å². The minimum absolute atomic E-state index is 0.396. The Kier molecular flexibility index (Phi) is 6.17. The molecule has 0 radical (unpaired) electrons. The zero-order chi connectivity index (χ0) is 15.2. The van der Waals surface area contributed by atoms with Gasteiger partial charge in [-0.1, -0.05) is 6.92 Å². The van der Waals surface area contributed by atoms with E-state index in [4.69, 9.17) is 9.15 Å². The van der Waals surface area contributed by atoms with Gasteiger partial charge < -0.3 is 14.3 Å². The number of hydrogen-bond donors (Lipinski definition) is 1. The monoisotopic (exact) mass is 297 g/mol. The van der Waals surface area contributed by atoms with Crippen molar-refractivity contribution in [3.63, 3.8) is 0 Å². The molecule has 21 heavy (non-hydrogen) atoms. The van der Waals surface area contributed by atoms with Gasteiger partial charge >= 0.3 is 0 Å². The van der Waals surface area contributed by atoms with E-state index in [2.05, 4.69) is 28.8 Å². The van der Waals surface area contributed by atoms with Gasteiger partial charge in [-0.3, -0.25) is 9.80 Å². The molecule has 1 saturated heterocycles. The van der Waals surface area contributed by atoms with Gasteiger partial charge in [0, 0.05) is 32.7 Å². The summed E-state index contributed by atoms with van der Waals surface area (Å²) in [6.45, 7) is 5.86. The number of aryl methyl sites for hydroxylation is 1. The summed E-state index contributed by atoms with van der Waals surface area (Å²) in [6, 6.07) is 0.483. The Morgan fingerprint density at radius 1 is 1.62 bits per heavy atom. The maximum absolute atomic E-state index is 9.79. The highest BCUT2D eigenvalue weighted by Crippen LogP contribution is 2.17. The van der Waals surface area contributed by atoms with Gasteiger partial charge in [0.1, 0.15) is 5.76 Å². The Hall–Kier alpha value is -0.950. The maximum atomic E-state index is 9.79. The van der Waals surface area contributed by atoms with Gasteiger partial charge in [-0.05, 0) is 20.0 Å². The van der Waals surface area contributed by atoms with Crippen LogP contribution in [0.25, 0.3) is 0 Å². The van der Waals surface area contributed by atoms with Crippen molar-refractivity contribution < 1.29 is 14.3 Å². The number of methoxy groups -OCH3 is 1. The molecule has 6 heteroatoms. The van der Waals surface area contributed by atoms with Crippen LogP contribution in [0, 0.1) is 0 Å². The molecule has 2 rings (SSSR count). The molecular formula is C15H27N3O3. The van der Waals surface area contributed by atoms with E-state index in [0.29, 0.717) is 19.2 Å². The topological polar surface area (TPSA) is 62.0 Å². The predicted octanol–water partition coefficient (Wildman–Crippen LogP) is 0.750. The first-order chi connectivity index (χ1) is 10.1. The molecule has 0 aliphatic carbocycles. The lowest BCUT2D eigenvalue weighted by atomic mass is 10.2. The second-order valence-corrected chi connectivity index (χ2v) is 5.80. The van der Waals surface area contributed by atoms with Gasteiger partial charge in [-0.15, -0.1) is 0 Å². The molecule has 1 aliphatic heterocycles. The summed E-state index contributed by atoms with van der Waals surface area (Å²) >= 11 is 0. The van der Waals surface area contributed by atoms with Gasteiger partial charge in [-0.25, -0.2) is 4.98 Å². The van der Waals surface area contributed by atoms with Crippen molar-refractivity contribution in [1.29, 1.82) is 0 Å².